The third-order valence-electron chi connectivity index (χ3n) is 4.43. The quantitative estimate of drug-likeness (QED) is 0.574. The number of aryl methyl sites for hydroxylation is 1. The van der Waals surface area contributed by atoms with Crippen molar-refractivity contribution in [3.05, 3.63) is 83.8 Å². The maximum atomic E-state index is 10.5. The van der Waals surface area contributed by atoms with Gasteiger partial charge in [0.25, 0.3) is 0 Å². The molecule has 1 atom stereocenters. The molecule has 3 aromatic rings. The largest absolute Gasteiger partial charge is 0.497 e. The van der Waals surface area contributed by atoms with E-state index < -0.39 is 6.10 Å². The van der Waals surface area contributed by atoms with Crippen LogP contribution in [0.5, 0.6) is 11.5 Å². The number of nitrogens with zero attached hydrogens (tertiary/aromatic N) is 1. The van der Waals surface area contributed by atoms with Crippen LogP contribution in [0.2, 0.25) is 0 Å². The zero-order valence-corrected chi connectivity index (χ0v) is 16.4. The average molecular weight is 381 g/mol. The minimum Gasteiger partial charge on any atom is -0.497 e. The molecule has 0 radical (unpaired) electrons. The fourth-order valence-corrected chi connectivity index (χ4v) is 3.01. The van der Waals surface area contributed by atoms with Crippen LogP contribution >= 0.6 is 0 Å². The van der Waals surface area contributed by atoms with Gasteiger partial charge in [-0.3, -0.25) is 4.90 Å². The molecule has 0 saturated heterocycles. The summed E-state index contributed by atoms with van der Waals surface area (Å²) in [6.07, 6.45) is 1.04. The molecular weight excluding hydrogens is 354 g/mol. The fraction of sp³-hybridized carbons (Fsp3) is 0.304. The Kier molecular flexibility index (Phi) is 7.12. The van der Waals surface area contributed by atoms with Gasteiger partial charge in [0.15, 0.2) is 0 Å². The Morgan fingerprint density at radius 3 is 2.54 bits per heavy atom. The van der Waals surface area contributed by atoms with E-state index in [-0.39, 0.29) is 6.61 Å². The second-order valence-electron chi connectivity index (χ2n) is 6.88. The predicted molar refractivity (Wildman–Crippen MR) is 108 cm³/mol. The number of aliphatic hydroxyl groups excluding tert-OH is 1. The zero-order valence-electron chi connectivity index (χ0n) is 16.4. The minimum atomic E-state index is -0.623. The summed E-state index contributed by atoms with van der Waals surface area (Å²) < 4.78 is 16.5. The number of benzene rings is 2. The number of methoxy groups -OCH3 is 1. The summed E-state index contributed by atoms with van der Waals surface area (Å²) in [5.74, 6) is 2.43. The van der Waals surface area contributed by atoms with Gasteiger partial charge in [-0.05, 0) is 48.9 Å². The lowest BCUT2D eigenvalue weighted by atomic mass is 10.2. The van der Waals surface area contributed by atoms with Gasteiger partial charge in [0.1, 0.15) is 30.0 Å². The van der Waals surface area contributed by atoms with Crippen LogP contribution in [0.4, 0.5) is 0 Å². The highest BCUT2D eigenvalue weighted by Gasteiger charge is 2.15. The number of hydrogen-bond acceptors (Lipinski definition) is 5. The van der Waals surface area contributed by atoms with E-state index in [9.17, 15) is 5.11 Å². The van der Waals surface area contributed by atoms with E-state index in [1.165, 1.54) is 5.56 Å². The first-order valence-corrected chi connectivity index (χ1v) is 9.37. The minimum absolute atomic E-state index is 0.232. The second kappa shape index (κ2) is 9.97. The van der Waals surface area contributed by atoms with Crippen molar-refractivity contribution in [3.63, 3.8) is 0 Å². The van der Waals surface area contributed by atoms with Crippen molar-refractivity contribution < 1.29 is 19.0 Å². The Bertz CT molecular complexity index is 830. The molecule has 3 rings (SSSR count). The van der Waals surface area contributed by atoms with Gasteiger partial charge in [-0.15, -0.1) is 0 Å². The normalized spacial score (nSPS) is 12.1. The van der Waals surface area contributed by atoms with Crippen molar-refractivity contribution >= 4 is 0 Å². The highest BCUT2D eigenvalue weighted by Crippen LogP contribution is 2.17. The molecule has 0 saturated carbocycles. The van der Waals surface area contributed by atoms with Crippen LogP contribution in [-0.2, 0) is 13.1 Å². The lowest BCUT2D eigenvalue weighted by Crippen LogP contribution is -2.35. The van der Waals surface area contributed by atoms with Gasteiger partial charge in [-0.25, -0.2) is 0 Å². The molecule has 0 spiro atoms. The van der Waals surface area contributed by atoms with E-state index in [2.05, 4.69) is 4.90 Å². The third-order valence-corrected chi connectivity index (χ3v) is 4.43. The summed E-state index contributed by atoms with van der Waals surface area (Å²) >= 11 is 0. The molecule has 1 unspecified atom stereocenters. The molecule has 1 heterocycles. The average Bonchev–Trinajstić information content (AvgIpc) is 3.20. The van der Waals surface area contributed by atoms with E-state index in [0.717, 1.165) is 22.8 Å². The Balaban J connectivity index is 1.61. The number of furan rings is 1. The van der Waals surface area contributed by atoms with Crippen LogP contribution in [-0.4, -0.2) is 36.4 Å². The van der Waals surface area contributed by atoms with Gasteiger partial charge in [0.05, 0.1) is 19.9 Å². The Labute approximate surface area is 166 Å². The number of ether oxygens (including phenoxy) is 2. The number of hydrogen-bond donors (Lipinski definition) is 1. The van der Waals surface area contributed by atoms with Gasteiger partial charge < -0.3 is 19.0 Å². The first-order valence-electron chi connectivity index (χ1n) is 9.37. The highest BCUT2D eigenvalue weighted by molar-refractivity contribution is 5.28. The van der Waals surface area contributed by atoms with Crippen molar-refractivity contribution in [3.8, 4) is 11.5 Å². The van der Waals surface area contributed by atoms with Crippen LogP contribution in [0, 0.1) is 6.92 Å². The van der Waals surface area contributed by atoms with E-state index in [1.807, 2.05) is 67.6 Å². The summed E-state index contributed by atoms with van der Waals surface area (Å²) in [7, 11) is 1.66. The molecule has 0 aliphatic carbocycles. The molecule has 2 aromatic carbocycles. The van der Waals surface area contributed by atoms with Crippen LogP contribution in [0.1, 0.15) is 16.9 Å². The molecule has 5 nitrogen and oxygen atoms in total. The first kappa shape index (κ1) is 20.0. The molecule has 0 fully saturated rings. The molecular formula is C23H27NO4. The molecule has 1 N–H and O–H groups in total. The van der Waals surface area contributed by atoms with E-state index in [1.54, 1.807) is 13.4 Å². The van der Waals surface area contributed by atoms with Crippen molar-refractivity contribution in [1.29, 1.82) is 0 Å². The molecule has 28 heavy (non-hydrogen) atoms. The topological polar surface area (TPSA) is 55.1 Å². The Morgan fingerprint density at radius 1 is 1.00 bits per heavy atom. The maximum absolute atomic E-state index is 10.5. The standard InChI is InChI=1S/C23H27NO4/c1-18-8-10-21(11-9-18)28-17-20(25)15-24(16-23-7-4-12-27-23)14-19-5-3-6-22(13-19)26-2/h3-13,20,25H,14-17H2,1-2H3. The van der Waals surface area contributed by atoms with Gasteiger partial charge in [-0.1, -0.05) is 29.8 Å². The van der Waals surface area contributed by atoms with Crippen LogP contribution < -0.4 is 9.47 Å². The SMILES string of the molecule is COc1cccc(CN(Cc2ccco2)CC(O)COc2ccc(C)cc2)c1. The lowest BCUT2D eigenvalue weighted by molar-refractivity contribution is 0.0604. The monoisotopic (exact) mass is 381 g/mol. The molecule has 148 valence electrons. The van der Waals surface area contributed by atoms with Crippen LogP contribution in [0.3, 0.4) is 0 Å². The smallest absolute Gasteiger partial charge is 0.119 e. The van der Waals surface area contributed by atoms with Crippen molar-refractivity contribution in [1.82, 2.24) is 4.90 Å². The predicted octanol–water partition coefficient (Wildman–Crippen LogP) is 4.04. The second-order valence-corrected chi connectivity index (χ2v) is 6.88. The number of aliphatic hydroxyl groups is 1. The summed E-state index contributed by atoms with van der Waals surface area (Å²) in [6.45, 7) is 3.99. The number of rotatable bonds is 10. The first-order chi connectivity index (χ1) is 13.6. The molecule has 0 aliphatic rings. The summed E-state index contributed by atoms with van der Waals surface area (Å²) in [5, 5.41) is 10.5. The lowest BCUT2D eigenvalue weighted by Gasteiger charge is -2.24. The zero-order chi connectivity index (χ0) is 19.8. The van der Waals surface area contributed by atoms with E-state index in [0.29, 0.717) is 19.6 Å². The van der Waals surface area contributed by atoms with Crippen molar-refractivity contribution in [2.45, 2.75) is 26.1 Å². The highest BCUT2D eigenvalue weighted by atomic mass is 16.5. The molecule has 0 bridgehead atoms. The van der Waals surface area contributed by atoms with Crippen molar-refractivity contribution in [2.75, 3.05) is 20.3 Å². The Morgan fingerprint density at radius 2 is 1.82 bits per heavy atom. The molecule has 0 aliphatic heterocycles. The molecule has 0 amide bonds. The summed E-state index contributed by atoms with van der Waals surface area (Å²) in [6, 6.07) is 19.6. The summed E-state index contributed by atoms with van der Waals surface area (Å²) in [4.78, 5) is 2.14. The van der Waals surface area contributed by atoms with Gasteiger partial charge in [-0.2, -0.15) is 0 Å². The van der Waals surface area contributed by atoms with Crippen molar-refractivity contribution in [2.24, 2.45) is 0 Å². The van der Waals surface area contributed by atoms with E-state index in [4.69, 9.17) is 13.9 Å². The Hall–Kier alpha value is -2.76. The van der Waals surface area contributed by atoms with Gasteiger partial charge in [0, 0.05) is 13.1 Å². The molecule has 5 heteroatoms. The van der Waals surface area contributed by atoms with Gasteiger partial charge in [0.2, 0.25) is 0 Å². The van der Waals surface area contributed by atoms with E-state index >= 15 is 0 Å². The maximum Gasteiger partial charge on any atom is 0.119 e. The third kappa shape index (κ3) is 6.15. The molecule has 1 aromatic heterocycles. The van der Waals surface area contributed by atoms with Crippen LogP contribution in [0.25, 0.3) is 0 Å². The van der Waals surface area contributed by atoms with Gasteiger partial charge >= 0.3 is 0 Å². The van der Waals surface area contributed by atoms with Crippen LogP contribution in [0.15, 0.2) is 71.3 Å². The summed E-state index contributed by atoms with van der Waals surface area (Å²) in [5.41, 5.74) is 2.29. The fourth-order valence-electron chi connectivity index (χ4n) is 3.01.